The van der Waals surface area contributed by atoms with Crippen LogP contribution in [0, 0.1) is 11.3 Å². The Hall–Kier alpha value is -2.63. The third-order valence-corrected chi connectivity index (χ3v) is 5.13. The molecule has 0 saturated carbocycles. The van der Waals surface area contributed by atoms with Crippen LogP contribution in [0.4, 0.5) is 5.69 Å². The third kappa shape index (κ3) is 3.32. The number of amides is 1. The van der Waals surface area contributed by atoms with E-state index in [9.17, 15) is 9.59 Å². The molecule has 0 aliphatic heterocycles. The van der Waals surface area contributed by atoms with Gasteiger partial charge in [-0.1, -0.05) is 11.8 Å². The summed E-state index contributed by atoms with van der Waals surface area (Å²) in [7, 11) is 1.65. The number of nitriles is 1. The first-order valence-corrected chi connectivity index (χ1v) is 8.82. The quantitative estimate of drug-likeness (QED) is 0.573. The normalized spacial score (nSPS) is 10.5. The van der Waals surface area contributed by atoms with Crippen LogP contribution < -0.4 is 10.9 Å². The van der Waals surface area contributed by atoms with Crippen molar-refractivity contribution >= 4 is 44.9 Å². The average molecular weight is 356 g/mol. The van der Waals surface area contributed by atoms with Gasteiger partial charge in [-0.3, -0.25) is 14.2 Å². The fourth-order valence-corrected chi connectivity index (χ4v) is 3.64. The summed E-state index contributed by atoms with van der Waals surface area (Å²) < 4.78 is 1.45. The lowest BCUT2D eigenvalue weighted by Gasteiger charge is -2.08. The molecule has 6 nitrogen and oxygen atoms in total. The summed E-state index contributed by atoms with van der Waals surface area (Å²) in [6, 6.07) is 10.4. The number of hydrogen-bond donors (Lipinski definition) is 1. The van der Waals surface area contributed by atoms with Crippen LogP contribution in [0.2, 0.25) is 0 Å². The molecule has 0 aliphatic carbocycles. The standard InChI is InChI=1S/C16H12N4O2S2/c1-20-15(22)12-6-7-23-14(12)19-16(20)24-9-13(21)18-11-4-2-10(8-17)3-5-11/h2-7H,9H2,1H3,(H,18,21). The van der Waals surface area contributed by atoms with Crippen molar-refractivity contribution in [3.05, 3.63) is 51.6 Å². The van der Waals surface area contributed by atoms with E-state index < -0.39 is 0 Å². The van der Waals surface area contributed by atoms with E-state index in [0.717, 1.165) is 0 Å². The van der Waals surface area contributed by atoms with Gasteiger partial charge in [0.1, 0.15) is 4.83 Å². The molecule has 0 fully saturated rings. The lowest BCUT2D eigenvalue weighted by atomic mass is 10.2. The van der Waals surface area contributed by atoms with E-state index in [0.29, 0.717) is 26.6 Å². The number of rotatable bonds is 4. The predicted molar refractivity (Wildman–Crippen MR) is 95.4 cm³/mol. The van der Waals surface area contributed by atoms with Gasteiger partial charge in [0.2, 0.25) is 5.91 Å². The first kappa shape index (κ1) is 16.2. The molecule has 1 aromatic carbocycles. The van der Waals surface area contributed by atoms with E-state index in [2.05, 4.69) is 10.3 Å². The minimum atomic E-state index is -0.203. The van der Waals surface area contributed by atoms with Crippen molar-refractivity contribution in [1.29, 1.82) is 5.26 Å². The number of nitrogens with zero attached hydrogens (tertiary/aromatic N) is 3. The number of nitrogens with one attached hydrogen (secondary N) is 1. The number of fused-ring (bicyclic) bond motifs is 1. The summed E-state index contributed by atoms with van der Waals surface area (Å²) >= 11 is 2.61. The van der Waals surface area contributed by atoms with Gasteiger partial charge in [0.15, 0.2) is 5.16 Å². The Labute approximate surface area is 145 Å². The fraction of sp³-hybridized carbons (Fsp3) is 0.125. The van der Waals surface area contributed by atoms with Crippen LogP contribution >= 0.6 is 23.1 Å². The molecule has 0 radical (unpaired) electrons. The van der Waals surface area contributed by atoms with Gasteiger partial charge in [-0.25, -0.2) is 4.98 Å². The molecular formula is C16H12N4O2S2. The van der Waals surface area contributed by atoms with Crippen molar-refractivity contribution < 1.29 is 4.79 Å². The number of anilines is 1. The third-order valence-electron chi connectivity index (χ3n) is 3.29. The first-order chi connectivity index (χ1) is 11.6. The lowest BCUT2D eigenvalue weighted by Crippen LogP contribution is -2.20. The summed E-state index contributed by atoms with van der Waals surface area (Å²) in [5.41, 5.74) is 1.04. The minimum Gasteiger partial charge on any atom is -0.325 e. The van der Waals surface area contributed by atoms with Gasteiger partial charge in [0.05, 0.1) is 22.8 Å². The van der Waals surface area contributed by atoms with Gasteiger partial charge in [-0.05, 0) is 35.7 Å². The summed E-state index contributed by atoms with van der Waals surface area (Å²) in [5, 5.41) is 14.4. The Morgan fingerprint density at radius 3 is 2.83 bits per heavy atom. The topological polar surface area (TPSA) is 87.8 Å². The predicted octanol–water partition coefficient (Wildman–Crippen LogP) is 2.60. The Kier molecular flexibility index (Phi) is 4.64. The van der Waals surface area contributed by atoms with Crippen molar-refractivity contribution in [3.8, 4) is 6.07 Å². The van der Waals surface area contributed by atoms with E-state index in [4.69, 9.17) is 5.26 Å². The highest BCUT2D eigenvalue weighted by molar-refractivity contribution is 7.99. The molecule has 2 heterocycles. The molecule has 0 unspecified atom stereocenters. The Bertz CT molecular complexity index is 1000. The number of aromatic nitrogens is 2. The Balaban J connectivity index is 1.69. The highest BCUT2D eigenvalue weighted by Crippen LogP contribution is 2.20. The molecule has 3 aromatic rings. The molecule has 1 N–H and O–H groups in total. The number of carbonyl (C=O) groups excluding carboxylic acids is 1. The van der Waals surface area contributed by atoms with E-state index in [1.54, 1.807) is 37.4 Å². The van der Waals surface area contributed by atoms with Gasteiger partial charge in [0.25, 0.3) is 5.56 Å². The highest BCUT2D eigenvalue weighted by atomic mass is 32.2. The molecule has 1 amide bonds. The molecular weight excluding hydrogens is 344 g/mol. The van der Waals surface area contributed by atoms with Crippen molar-refractivity contribution in [2.24, 2.45) is 7.05 Å². The maximum absolute atomic E-state index is 12.2. The second-order valence-corrected chi connectivity index (χ2v) is 6.76. The lowest BCUT2D eigenvalue weighted by molar-refractivity contribution is -0.113. The largest absolute Gasteiger partial charge is 0.325 e. The second-order valence-electron chi connectivity index (χ2n) is 4.92. The molecule has 2 aromatic heterocycles. The summed E-state index contributed by atoms with van der Waals surface area (Å²) in [6.45, 7) is 0. The average Bonchev–Trinajstić information content (AvgIpc) is 3.06. The van der Waals surface area contributed by atoms with E-state index in [1.807, 2.05) is 11.4 Å². The zero-order valence-corrected chi connectivity index (χ0v) is 14.3. The van der Waals surface area contributed by atoms with Crippen LogP contribution in [0.5, 0.6) is 0 Å². The van der Waals surface area contributed by atoms with Crippen LogP contribution in [0.25, 0.3) is 10.2 Å². The van der Waals surface area contributed by atoms with Gasteiger partial charge in [-0.2, -0.15) is 5.26 Å². The Morgan fingerprint density at radius 2 is 2.12 bits per heavy atom. The first-order valence-electron chi connectivity index (χ1n) is 6.95. The summed E-state index contributed by atoms with van der Waals surface area (Å²) in [5.74, 6) is -0.0674. The number of benzene rings is 1. The zero-order valence-electron chi connectivity index (χ0n) is 12.6. The summed E-state index contributed by atoms with van der Waals surface area (Å²) in [6.07, 6.45) is 0. The number of hydrogen-bond acceptors (Lipinski definition) is 6. The van der Waals surface area contributed by atoms with Crippen molar-refractivity contribution in [2.45, 2.75) is 5.16 Å². The number of thiophene rings is 1. The van der Waals surface area contributed by atoms with Crippen LogP contribution in [0.3, 0.4) is 0 Å². The molecule has 3 rings (SSSR count). The van der Waals surface area contributed by atoms with Crippen molar-refractivity contribution in [3.63, 3.8) is 0 Å². The maximum atomic E-state index is 12.2. The SMILES string of the molecule is Cn1c(SCC(=O)Nc2ccc(C#N)cc2)nc2sccc2c1=O. The molecule has 0 bridgehead atoms. The number of carbonyl (C=O) groups is 1. The smallest absolute Gasteiger partial charge is 0.262 e. The monoisotopic (exact) mass is 356 g/mol. The van der Waals surface area contributed by atoms with Gasteiger partial charge in [-0.15, -0.1) is 11.3 Å². The van der Waals surface area contributed by atoms with Crippen LogP contribution in [0.15, 0.2) is 45.7 Å². The molecule has 24 heavy (non-hydrogen) atoms. The van der Waals surface area contributed by atoms with Crippen LogP contribution in [-0.4, -0.2) is 21.2 Å². The van der Waals surface area contributed by atoms with E-state index in [-0.39, 0.29) is 17.2 Å². The molecule has 8 heteroatoms. The van der Waals surface area contributed by atoms with Gasteiger partial charge in [0, 0.05) is 12.7 Å². The van der Waals surface area contributed by atoms with E-state index in [1.165, 1.54) is 27.7 Å². The van der Waals surface area contributed by atoms with Gasteiger partial charge >= 0.3 is 0 Å². The minimum absolute atomic E-state index is 0.115. The Morgan fingerprint density at radius 1 is 1.38 bits per heavy atom. The van der Waals surface area contributed by atoms with Crippen molar-refractivity contribution in [2.75, 3.05) is 11.1 Å². The molecule has 0 atom stereocenters. The van der Waals surface area contributed by atoms with Crippen molar-refractivity contribution in [1.82, 2.24) is 9.55 Å². The zero-order chi connectivity index (χ0) is 17.1. The second kappa shape index (κ2) is 6.86. The van der Waals surface area contributed by atoms with Crippen LogP contribution in [-0.2, 0) is 11.8 Å². The molecule has 0 aliphatic rings. The maximum Gasteiger partial charge on any atom is 0.262 e. The van der Waals surface area contributed by atoms with Crippen LogP contribution in [0.1, 0.15) is 5.56 Å². The highest BCUT2D eigenvalue weighted by Gasteiger charge is 2.11. The van der Waals surface area contributed by atoms with E-state index >= 15 is 0 Å². The number of thioether (sulfide) groups is 1. The molecule has 0 spiro atoms. The van der Waals surface area contributed by atoms with Gasteiger partial charge < -0.3 is 5.32 Å². The molecule has 0 saturated heterocycles. The molecule has 120 valence electrons. The summed E-state index contributed by atoms with van der Waals surface area (Å²) in [4.78, 5) is 29.3. The fourth-order valence-electron chi connectivity index (χ4n) is 2.06.